The Kier molecular flexibility index (Phi) is 3.23. The third kappa shape index (κ3) is 2.11. The van der Waals surface area contributed by atoms with Crippen LogP contribution in [0, 0.1) is 0 Å². The van der Waals surface area contributed by atoms with E-state index in [1.165, 1.54) is 0 Å². The molecule has 0 saturated carbocycles. The summed E-state index contributed by atoms with van der Waals surface area (Å²) >= 11 is 0. The van der Waals surface area contributed by atoms with E-state index in [2.05, 4.69) is 4.98 Å². The van der Waals surface area contributed by atoms with Crippen molar-refractivity contribution in [3.05, 3.63) is 30.0 Å². The highest BCUT2D eigenvalue weighted by Gasteiger charge is 2.27. The van der Waals surface area contributed by atoms with Crippen molar-refractivity contribution in [2.75, 3.05) is 26.9 Å². The van der Waals surface area contributed by atoms with E-state index >= 15 is 0 Å². The number of hydrogen-bond donors (Lipinski definition) is 1. The van der Waals surface area contributed by atoms with Crippen LogP contribution in [0.2, 0.25) is 0 Å². The number of fused-ring (bicyclic) bond motifs is 1. The van der Waals surface area contributed by atoms with Crippen LogP contribution in [0.15, 0.2) is 24.4 Å². The van der Waals surface area contributed by atoms with Crippen LogP contribution in [0.5, 0.6) is 5.75 Å². The SMILES string of the molecule is COc1cccc2[nH]cc(C(=O)C3COCCO3)c12. The zero-order chi connectivity index (χ0) is 13.2. The molecule has 1 unspecified atom stereocenters. The van der Waals surface area contributed by atoms with Gasteiger partial charge in [-0.25, -0.2) is 0 Å². The number of H-pyrrole nitrogens is 1. The van der Waals surface area contributed by atoms with Gasteiger partial charge in [-0.1, -0.05) is 6.07 Å². The lowest BCUT2D eigenvalue weighted by Gasteiger charge is -2.21. The van der Waals surface area contributed by atoms with Crippen LogP contribution in [0.25, 0.3) is 10.9 Å². The molecule has 0 spiro atoms. The van der Waals surface area contributed by atoms with E-state index in [9.17, 15) is 4.79 Å². The Morgan fingerprint density at radius 1 is 1.42 bits per heavy atom. The topological polar surface area (TPSA) is 60.6 Å². The largest absolute Gasteiger partial charge is 0.496 e. The van der Waals surface area contributed by atoms with E-state index in [-0.39, 0.29) is 5.78 Å². The molecule has 0 bridgehead atoms. The lowest BCUT2D eigenvalue weighted by molar-refractivity contribution is -0.0718. The van der Waals surface area contributed by atoms with Crippen LogP contribution in [0.4, 0.5) is 0 Å². The van der Waals surface area contributed by atoms with Crippen molar-refractivity contribution in [3.8, 4) is 5.75 Å². The average molecular weight is 261 g/mol. The minimum Gasteiger partial charge on any atom is -0.496 e. The summed E-state index contributed by atoms with van der Waals surface area (Å²) in [7, 11) is 1.59. The third-order valence-corrected chi connectivity index (χ3v) is 3.26. The second-order valence-electron chi connectivity index (χ2n) is 4.38. The molecular weight excluding hydrogens is 246 g/mol. The van der Waals surface area contributed by atoms with Gasteiger partial charge in [-0.15, -0.1) is 0 Å². The molecule has 2 aromatic rings. The van der Waals surface area contributed by atoms with Gasteiger partial charge in [0.15, 0.2) is 5.78 Å². The Bertz CT molecular complexity index is 599. The molecule has 0 aliphatic carbocycles. The summed E-state index contributed by atoms with van der Waals surface area (Å²) in [5.74, 6) is 0.606. The minimum absolute atomic E-state index is 0.0737. The molecular formula is C14H15NO4. The number of carbonyl (C=O) groups is 1. The summed E-state index contributed by atoms with van der Waals surface area (Å²) < 4.78 is 16.1. The van der Waals surface area contributed by atoms with Crippen LogP contribution in [-0.4, -0.2) is 43.8 Å². The maximum absolute atomic E-state index is 12.5. The van der Waals surface area contributed by atoms with Crippen molar-refractivity contribution in [2.24, 2.45) is 0 Å². The number of nitrogens with one attached hydrogen (secondary N) is 1. The molecule has 1 aliphatic heterocycles. The Balaban J connectivity index is 2.02. The summed E-state index contributed by atoms with van der Waals surface area (Å²) in [6.07, 6.45) is 1.17. The fourth-order valence-corrected chi connectivity index (χ4v) is 2.33. The second-order valence-corrected chi connectivity index (χ2v) is 4.38. The molecule has 5 heteroatoms. The van der Waals surface area contributed by atoms with Gasteiger partial charge in [-0.05, 0) is 12.1 Å². The van der Waals surface area contributed by atoms with Gasteiger partial charge in [0.05, 0.1) is 32.3 Å². The fraction of sp³-hybridized carbons (Fsp3) is 0.357. The molecule has 1 aromatic heterocycles. The monoisotopic (exact) mass is 261 g/mol. The van der Waals surface area contributed by atoms with E-state index in [0.717, 1.165) is 10.9 Å². The summed E-state index contributed by atoms with van der Waals surface area (Å²) in [6.45, 7) is 1.30. The first-order valence-corrected chi connectivity index (χ1v) is 6.19. The van der Waals surface area contributed by atoms with Gasteiger partial charge in [0.25, 0.3) is 0 Å². The number of aromatic amines is 1. The molecule has 1 fully saturated rings. The van der Waals surface area contributed by atoms with Crippen molar-refractivity contribution in [2.45, 2.75) is 6.10 Å². The molecule has 0 radical (unpaired) electrons. The molecule has 5 nitrogen and oxygen atoms in total. The van der Waals surface area contributed by atoms with Gasteiger partial charge in [0, 0.05) is 17.3 Å². The van der Waals surface area contributed by atoms with Crippen molar-refractivity contribution in [3.63, 3.8) is 0 Å². The van der Waals surface area contributed by atoms with Crippen LogP contribution in [0.3, 0.4) is 0 Å². The van der Waals surface area contributed by atoms with Crippen LogP contribution in [0.1, 0.15) is 10.4 Å². The van der Waals surface area contributed by atoms with E-state index < -0.39 is 6.10 Å². The lowest BCUT2D eigenvalue weighted by Crippen LogP contribution is -2.35. The van der Waals surface area contributed by atoms with Crippen LogP contribution >= 0.6 is 0 Å². The van der Waals surface area contributed by atoms with Crippen LogP contribution in [-0.2, 0) is 9.47 Å². The number of ether oxygens (including phenoxy) is 3. The van der Waals surface area contributed by atoms with Crippen molar-refractivity contribution >= 4 is 16.7 Å². The molecule has 1 atom stereocenters. The zero-order valence-electron chi connectivity index (χ0n) is 10.6. The van der Waals surface area contributed by atoms with E-state index in [4.69, 9.17) is 14.2 Å². The highest BCUT2D eigenvalue weighted by atomic mass is 16.6. The van der Waals surface area contributed by atoms with Crippen molar-refractivity contribution in [1.29, 1.82) is 0 Å². The molecule has 1 saturated heterocycles. The number of carbonyl (C=O) groups excluding carboxylic acids is 1. The lowest BCUT2D eigenvalue weighted by atomic mass is 10.0. The first-order chi connectivity index (χ1) is 9.31. The number of methoxy groups -OCH3 is 1. The van der Waals surface area contributed by atoms with E-state index in [0.29, 0.717) is 31.1 Å². The first-order valence-electron chi connectivity index (χ1n) is 6.19. The summed E-state index contributed by atoms with van der Waals surface area (Å²) in [4.78, 5) is 15.5. The molecule has 1 aliphatic rings. The first kappa shape index (κ1) is 12.2. The zero-order valence-corrected chi connectivity index (χ0v) is 10.6. The van der Waals surface area contributed by atoms with Gasteiger partial charge in [-0.2, -0.15) is 0 Å². The molecule has 1 aromatic carbocycles. The average Bonchev–Trinajstić information content (AvgIpc) is 2.91. The molecule has 1 N–H and O–H groups in total. The Morgan fingerprint density at radius 2 is 2.32 bits per heavy atom. The normalized spacial score (nSPS) is 19.5. The second kappa shape index (κ2) is 5.03. The number of benzene rings is 1. The summed E-state index contributed by atoms with van der Waals surface area (Å²) in [5.41, 5.74) is 1.46. The predicted octanol–water partition coefficient (Wildman–Crippen LogP) is 1.77. The molecule has 19 heavy (non-hydrogen) atoms. The number of Topliss-reactive ketones (excluding diaryl/α,β-unsaturated/α-hetero) is 1. The van der Waals surface area contributed by atoms with Gasteiger partial charge >= 0.3 is 0 Å². The number of rotatable bonds is 3. The summed E-state index contributed by atoms with van der Waals surface area (Å²) in [5, 5.41) is 0.796. The van der Waals surface area contributed by atoms with Crippen molar-refractivity contribution < 1.29 is 19.0 Å². The summed E-state index contributed by atoms with van der Waals surface area (Å²) in [6, 6.07) is 5.63. The predicted molar refractivity (Wildman–Crippen MR) is 69.7 cm³/mol. The van der Waals surface area contributed by atoms with Gasteiger partial charge < -0.3 is 19.2 Å². The third-order valence-electron chi connectivity index (χ3n) is 3.26. The number of aromatic nitrogens is 1. The minimum atomic E-state index is -0.530. The Morgan fingerprint density at radius 3 is 3.05 bits per heavy atom. The molecule has 100 valence electrons. The molecule has 3 rings (SSSR count). The quantitative estimate of drug-likeness (QED) is 0.855. The standard InChI is InChI=1S/C14H15NO4/c1-17-11-4-2-3-10-13(11)9(7-15-10)14(16)12-8-18-5-6-19-12/h2-4,7,12,15H,5-6,8H2,1H3. The van der Waals surface area contributed by atoms with Crippen LogP contribution < -0.4 is 4.74 Å². The highest BCUT2D eigenvalue weighted by Crippen LogP contribution is 2.29. The highest BCUT2D eigenvalue weighted by molar-refractivity contribution is 6.11. The van der Waals surface area contributed by atoms with Gasteiger partial charge in [0.1, 0.15) is 11.9 Å². The number of hydrogen-bond acceptors (Lipinski definition) is 4. The molecule has 2 heterocycles. The Labute approximate surface area is 110 Å². The fourth-order valence-electron chi connectivity index (χ4n) is 2.33. The van der Waals surface area contributed by atoms with Gasteiger partial charge in [-0.3, -0.25) is 4.79 Å². The van der Waals surface area contributed by atoms with E-state index in [1.807, 2.05) is 18.2 Å². The van der Waals surface area contributed by atoms with Crippen molar-refractivity contribution in [1.82, 2.24) is 4.98 Å². The van der Waals surface area contributed by atoms with Gasteiger partial charge in [0.2, 0.25) is 0 Å². The molecule has 0 amide bonds. The smallest absolute Gasteiger partial charge is 0.196 e. The van der Waals surface area contributed by atoms with E-state index in [1.54, 1.807) is 13.3 Å². The number of ketones is 1. The maximum atomic E-state index is 12.5. The maximum Gasteiger partial charge on any atom is 0.196 e. The Hall–Kier alpha value is -1.85.